The fourth-order valence-corrected chi connectivity index (χ4v) is 4.10. The van der Waals surface area contributed by atoms with Gasteiger partial charge in [0, 0.05) is 31.7 Å². The Bertz CT molecular complexity index is 717. The first-order valence-corrected chi connectivity index (χ1v) is 9.46. The number of methoxy groups -OCH3 is 1. The van der Waals surface area contributed by atoms with Crippen LogP contribution in [0.15, 0.2) is 18.2 Å². The number of ether oxygens (including phenoxy) is 2. The number of amides is 2. The molecule has 0 radical (unpaired) electrons. The number of nitrogens with zero attached hydrogens (tertiary/aromatic N) is 2. The summed E-state index contributed by atoms with van der Waals surface area (Å²) in [4.78, 5) is 28.7. The molecule has 2 fully saturated rings. The number of benzene rings is 1. The van der Waals surface area contributed by atoms with Crippen molar-refractivity contribution in [3.05, 3.63) is 23.2 Å². The van der Waals surface area contributed by atoms with Gasteiger partial charge in [-0.2, -0.15) is 0 Å². The largest absolute Gasteiger partial charge is 0.495 e. The SMILES string of the molecule is COc1ccc(NC(=O)N2CCC3(CC2)CC(CN(C)C)OC3=O)cc1Cl. The molecule has 1 aromatic rings. The van der Waals surface area contributed by atoms with Crippen molar-refractivity contribution in [2.75, 3.05) is 46.2 Å². The van der Waals surface area contributed by atoms with E-state index in [4.69, 9.17) is 21.1 Å². The van der Waals surface area contributed by atoms with Crippen LogP contribution in [-0.2, 0) is 9.53 Å². The van der Waals surface area contributed by atoms with Crippen LogP contribution < -0.4 is 10.1 Å². The molecule has 1 unspecified atom stereocenters. The average molecular weight is 396 g/mol. The molecule has 27 heavy (non-hydrogen) atoms. The molecule has 148 valence electrons. The number of cyclic esters (lactones) is 1. The number of esters is 1. The van der Waals surface area contributed by atoms with E-state index in [1.807, 2.05) is 19.0 Å². The molecular formula is C19H26ClN3O4. The number of carbonyl (C=O) groups excluding carboxylic acids is 2. The molecule has 2 aliphatic rings. The van der Waals surface area contributed by atoms with Crippen LogP contribution in [0.25, 0.3) is 0 Å². The highest BCUT2D eigenvalue weighted by atomic mass is 35.5. The number of likely N-dealkylation sites (tertiary alicyclic amines) is 1. The summed E-state index contributed by atoms with van der Waals surface area (Å²) < 4.78 is 10.7. The number of halogens is 1. The lowest BCUT2D eigenvalue weighted by atomic mass is 9.76. The van der Waals surface area contributed by atoms with Gasteiger partial charge in [0.15, 0.2) is 0 Å². The van der Waals surface area contributed by atoms with Crippen LogP contribution in [0.4, 0.5) is 10.5 Å². The summed E-state index contributed by atoms with van der Waals surface area (Å²) in [6, 6.07) is 4.92. The van der Waals surface area contributed by atoms with Gasteiger partial charge in [-0.15, -0.1) is 0 Å². The third-order valence-corrected chi connectivity index (χ3v) is 5.60. The van der Waals surface area contributed by atoms with E-state index in [9.17, 15) is 9.59 Å². The zero-order valence-electron chi connectivity index (χ0n) is 16.0. The molecule has 8 heteroatoms. The highest BCUT2D eigenvalue weighted by Crippen LogP contribution is 2.43. The van der Waals surface area contributed by atoms with Gasteiger partial charge in [-0.1, -0.05) is 11.6 Å². The summed E-state index contributed by atoms with van der Waals surface area (Å²) in [5, 5.41) is 3.29. The van der Waals surface area contributed by atoms with Crippen LogP contribution in [0.3, 0.4) is 0 Å². The number of likely N-dealkylation sites (N-methyl/N-ethyl adjacent to an activating group) is 1. The van der Waals surface area contributed by atoms with E-state index < -0.39 is 5.41 Å². The highest BCUT2D eigenvalue weighted by Gasteiger charge is 2.50. The smallest absolute Gasteiger partial charge is 0.321 e. The number of piperidine rings is 1. The van der Waals surface area contributed by atoms with Gasteiger partial charge >= 0.3 is 12.0 Å². The first-order valence-electron chi connectivity index (χ1n) is 9.08. The molecule has 2 aliphatic heterocycles. The van der Waals surface area contributed by atoms with E-state index in [2.05, 4.69) is 5.32 Å². The zero-order valence-corrected chi connectivity index (χ0v) is 16.7. The minimum atomic E-state index is -0.444. The Kier molecular flexibility index (Phi) is 5.81. The minimum Gasteiger partial charge on any atom is -0.495 e. The number of anilines is 1. The highest BCUT2D eigenvalue weighted by molar-refractivity contribution is 6.32. The van der Waals surface area contributed by atoms with Crippen molar-refractivity contribution < 1.29 is 19.1 Å². The van der Waals surface area contributed by atoms with E-state index in [1.165, 1.54) is 0 Å². The summed E-state index contributed by atoms with van der Waals surface area (Å²) in [5.74, 6) is 0.443. The van der Waals surface area contributed by atoms with Gasteiger partial charge < -0.3 is 24.6 Å². The summed E-state index contributed by atoms with van der Waals surface area (Å²) in [5.41, 5.74) is 0.165. The molecule has 2 heterocycles. The Labute approximate surface area is 164 Å². The van der Waals surface area contributed by atoms with Crippen LogP contribution in [0.1, 0.15) is 19.3 Å². The lowest BCUT2D eigenvalue weighted by Gasteiger charge is -2.36. The van der Waals surface area contributed by atoms with E-state index in [1.54, 1.807) is 30.2 Å². The molecule has 7 nitrogen and oxygen atoms in total. The molecule has 2 amide bonds. The van der Waals surface area contributed by atoms with Gasteiger partial charge in [0.05, 0.1) is 17.5 Å². The monoisotopic (exact) mass is 395 g/mol. The number of nitrogens with one attached hydrogen (secondary N) is 1. The second kappa shape index (κ2) is 7.94. The van der Waals surface area contributed by atoms with E-state index in [0.717, 1.165) is 13.0 Å². The van der Waals surface area contributed by atoms with Crippen LogP contribution in [0.2, 0.25) is 5.02 Å². The summed E-state index contributed by atoms with van der Waals surface area (Å²) in [7, 11) is 5.48. The normalized spacial score (nSPS) is 21.4. The molecule has 1 aromatic carbocycles. The van der Waals surface area contributed by atoms with Crippen LogP contribution in [0.5, 0.6) is 5.75 Å². The number of carbonyl (C=O) groups is 2. The molecule has 0 aliphatic carbocycles. The predicted octanol–water partition coefficient (Wildman–Crippen LogP) is 2.84. The van der Waals surface area contributed by atoms with Crippen molar-refractivity contribution in [2.45, 2.75) is 25.4 Å². The fourth-order valence-electron chi connectivity index (χ4n) is 3.84. The molecule has 3 rings (SSSR count). The average Bonchev–Trinajstić information content (AvgIpc) is 2.89. The lowest BCUT2D eigenvalue weighted by molar-refractivity contribution is -0.150. The molecular weight excluding hydrogens is 370 g/mol. The Morgan fingerprint density at radius 1 is 1.41 bits per heavy atom. The second-order valence-corrected chi connectivity index (χ2v) is 7.95. The van der Waals surface area contributed by atoms with Gasteiger partial charge in [0.1, 0.15) is 11.9 Å². The third-order valence-electron chi connectivity index (χ3n) is 5.30. The van der Waals surface area contributed by atoms with Crippen LogP contribution in [0, 0.1) is 5.41 Å². The Hall–Kier alpha value is -1.99. The van der Waals surface area contributed by atoms with E-state index >= 15 is 0 Å². The maximum Gasteiger partial charge on any atom is 0.321 e. The Balaban J connectivity index is 1.56. The quantitative estimate of drug-likeness (QED) is 0.794. The number of urea groups is 1. The molecule has 1 atom stereocenters. The Morgan fingerprint density at radius 3 is 2.70 bits per heavy atom. The summed E-state index contributed by atoms with van der Waals surface area (Å²) in [6.07, 6.45) is 1.93. The maximum atomic E-state index is 12.5. The number of hydrogen-bond acceptors (Lipinski definition) is 5. The van der Waals surface area contributed by atoms with Crippen molar-refractivity contribution in [2.24, 2.45) is 5.41 Å². The van der Waals surface area contributed by atoms with Crippen molar-refractivity contribution >= 4 is 29.3 Å². The van der Waals surface area contributed by atoms with E-state index in [0.29, 0.717) is 42.4 Å². The van der Waals surface area contributed by atoms with E-state index in [-0.39, 0.29) is 18.1 Å². The zero-order chi connectivity index (χ0) is 19.6. The van der Waals surface area contributed by atoms with Gasteiger partial charge in [0.25, 0.3) is 0 Å². The number of hydrogen-bond donors (Lipinski definition) is 1. The summed E-state index contributed by atoms with van der Waals surface area (Å²) >= 11 is 6.10. The van der Waals surface area contributed by atoms with Crippen LogP contribution >= 0.6 is 11.6 Å². The Morgan fingerprint density at radius 2 is 2.11 bits per heavy atom. The standard InChI is InChI=1S/C19H26ClN3O4/c1-22(2)12-14-11-19(17(24)27-14)6-8-23(9-7-19)18(25)21-13-4-5-16(26-3)15(20)10-13/h4-5,10,14H,6-9,11-12H2,1-3H3,(H,21,25). The molecule has 0 saturated carbocycles. The first kappa shape index (κ1) is 19.8. The molecule has 1 spiro atoms. The predicted molar refractivity (Wildman–Crippen MR) is 103 cm³/mol. The minimum absolute atomic E-state index is 0.0608. The first-order chi connectivity index (χ1) is 12.8. The lowest BCUT2D eigenvalue weighted by Crippen LogP contribution is -2.46. The van der Waals surface area contributed by atoms with Gasteiger partial charge in [-0.25, -0.2) is 4.79 Å². The van der Waals surface area contributed by atoms with Crippen molar-refractivity contribution in [1.82, 2.24) is 9.80 Å². The molecule has 2 saturated heterocycles. The summed E-state index contributed by atoms with van der Waals surface area (Å²) in [6.45, 7) is 1.79. The molecule has 0 aromatic heterocycles. The molecule has 1 N–H and O–H groups in total. The molecule has 0 bridgehead atoms. The maximum absolute atomic E-state index is 12.5. The van der Waals surface area contributed by atoms with Crippen molar-refractivity contribution in [1.29, 1.82) is 0 Å². The van der Waals surface area contributed by atoms with Gasteiger partial charge in [0.2, 0.25) is 0 Å². The third kappa shape index (κ3) is 4.30. The van der Waals surface area contributed by atoms with Crippen molar-refractivity contribution in [3.8, 4) is 5.75 Å². The van der Waals surface area contributed by atoms with Crippen LogP contribution in [-0.4, -0.2) is 68.7 Å². The van der Waals surface area contributed by atoms with Crippen molar-refractivity contribution in [3.63, 3.8) is 0 Å². The van der Waals surface area contributed by atoms with Gasteiger partial charge in [-0.3, -0.25) is 4.79 Å². The van der Waals surface area contributed by atoms with Gasteiger partial charge in [-0.05, 0) is 45.1 Å². The topological polar surface area (TPSA) is 71.1 Å². The second-order valence-electron chi connectivity index (χ2n) is 7.54. The number of rotatable bonds is 4. The fraction of sp³-hybridized carbons (Fsp3) is 0.579.